The number of aryl methyl sites for hydroxylation is 2. The fourth-order valence-corrected chi connectivity index (χ4v) is 4.06. The Morgan fingerprint density at radius 2 is 2.10 bits per heavy atom. The third-order valence-electron chi connectivity index (χ3n) is 4.58. The molecule has 0 saturated heterocycles. The van der Waals surface area contributed by atoms with Crippen LogP contribution in [0.2, 0.25) is 0 Å². The van der Waals surface area contributed by atoms with Gasteiger partial charge in [-0.2, -0.15) is 5.10 Å². The summed E-state index contributed by atoms with van der Waals surface area (Å²) in [6.45, 7) is 3.98. The quantitative estimate of drug-likeness (QED) is 0.562. The molecule has 0 aliphatic heterocycles. The molecule has 9 nitrogen and oxygen atoms in total. The summed E-state index contributed by atoms with van der Waals surface area (Å²) in [5.74, 6) is 0.485. The van der Waals surface area contributed by atoms with Gasteiger partial charge in [0.2, 0.25) is 10.0 Å². The Morgan fingerprint density at radius 1 is 1.31 bits per heavy atom. The first-order valence-corrected chi connectivity index (χ1v) is 11.1. The van der Waals surface area contributed by atoms with Crippen LogP contribution in [-0.4, -0.2) is 46.2 Å². The molecule has 0 fully saturated rings. The van der Waals surface area contributed by atoms with Crippen molar-refractivity contribution in [3.8, 4) is 5.82 Å². The van der Waals surface area contributed by atoms with Crippen LogP contribution < -0.4 is 4.72 Å². The third kappa shape index (κ3) is 4.76. The molecule has 156 valence electrons. The molecule has 1 N–H and O–H groups in total. The summed E-state index contributed by atoms with van der Waals surface area (Å²) in [6, 6.07) is 5.76. The van der Waals surface area contributed by atoms with E-state index in [0.717, 1.165) is 34.5 Å². The van der Waals surface area contributed by atoms with E-state index in [4.69, 9.17) is 4.74 Å². The van der Waals surface area contributed by atoms with Crippen molar-refractivity contribution in [1.82, 2.24) is 24.1 Å². The summed E-state index contributed by atoms with van der Waals surface area (Å²) in [5, 5.41) is 5.42. The number of rotatable bonds is 8. The van der Waals surface area contributed by atoms with Crippen molar-refractivity contribution < 1.29 is 17.9 Å². The van der Waals surface area contributed by atoms with Gasteiger partial charge in [-0.3, -0.25) is 9.25 Å². The molecule has 3 aromatic heterocycles. The summed E-state index contributed by atoms with van der Waals surface area (Å²) in [5.41, 5.74) is 2.26. The van der Waals surface area contributed by atoms with Gasteiger partial charge in [0.25, 0.3) is 0 Å². The van der Waals surface area contributed by atoms with E-state index in [1.54, 1.807) is 17.9 Å². The molecule has 29 heavy (non-hydrogen) atoms. The molecule has 0 aliphatic carbocycles. The zero-order chi connectivity index (χ0) is 21.0. The van der Waals surface area contributed by atoms with Gasteiger partial charge in [0.15, 0.2) is 0 Å². The van der Waals surface area contributed by atoms with Crippen LogP contribution in [0.25, 0.3) is 16.9 Å². The van der Waals surface area contributed by atoms with Crippen molar-refractivity contribution in [2.75, 3.05) is 12.4 Å². The second-order valence-corrected chi connectivity index (χ2v) is 8.62. The van der Waals surface area contributed by atoms with Gasteiger partial charge in [-0.15, -0.1) is 0 Å². The number of nitrogens with zero attached hydrogens (tertiary/aromatic N) is 4. The van der Waals surface area contributed by atoms with Crippen molar-refractivity contribution in [1.29, 1.82) is 0 Å². The number of fused-ring (bicyclic) bond motifs is 1. The minimum Gasteiger partial charge on any atom is -0.449 e. The number of carbonyl (C=O) groups is 1. The Hall–Kier alpha value is -2.88. The number of aromatic nitrogens is 4. The fraction of sp³-hybridized carbons (Fsp3) is 0.421. The highest BCUT2D eigenvalue weighted by Gasteiger charge is 2.21. The van der Waals surface area contributed by atoms with Crippen LogP contribution in [0.5, 0.6) is 0 Å². The number of hydrogen-bond donors (Lipinski definition) is 1. The molecule has 0 bridgehead atoms. The van der Waals surface area contributed by atoms with Gasteiger partial charge < -0.3 is 4.74 Å². The highest BCUT2D eigenvalue weighted by atomic mass is 32.2. The van der Waals surface area contributed by atoms with Crippen LogP contribution in [0.1, 0.15) is 31.0 Å². The van der Waals surface area contributed by atoms with Crippen molar-refractivity contribution in [2.24, 2.45) is 7.05 Å². The molecule has 0 aliphatic rings. The van der Waals surface area contributed by atoms with Crippen LogP contribution in [0.15, 0.2) is 30.6 Å². The Balaban J connectivity index is 1.79. The van der Waals surface area contributed by atoms with Crippen molar-refractivity contribution in [2.45, 2.75) is 33.1 Å². The van der Waals surface area contributed by atoms with Crippen LogP contribution in [0.4, 0.5) is 4.79 Å². The summed E-state index contributed by atoms with van der Waals surface area (Å²) < 4.78 is 35.1. The third-order valence-corrected chi connectivity index (χ3v) is 5.80. The number of unbranched alkanes of at least 4 members (excludes halogenated alkanes) is 1. The van der Waals surface area contributed by atoms with E-state index in [1.165, 1.54) is 0 Å². The normalized spacial score (nSPS) is 11.7. The molecule has 3 aromatic rings. The predicted molar refractivity (Wildman–Crippen MR) is 109 cm³/mol. The first-order chi connectivity index (χ1) is 13.8. The van der Waals surface area contributed by atoms with E-state index in [1.807, 2.05) is 47.5 Å². The SMILES string of the molecule is CCCCOC(=O)NS(=O)(=O)CCc1c(C)nn(C)c1-n1ccc2cccnc21. The van der Waals surface area contributed by atoms with E-state index >= 15 is 0 Å². The molecular formula is C19H25N5O4S. The average Bonchev–Trinajstić information content (AvgIpc) is 3.19. The Labute approximate surface area is 169 Å². The molecule has 3 heterocycles. The molecule has 0 atom stereocenters. The standard InChI is InChI=1S/C19H25N5O4S/c1-4-5-12-28-19(25)22-29(26,27)13-9-16-14(2)21-23(3)18(16)24-11-8-15-7-6-10-20-17(15)24/h6-8,10-11H,4-5,9,12-13H2,1-3H3,(H,22,25). The summed E-state index contributed by atoms with van der Waals surface area (Å²) >= 11 is 0. The lowest BCUT2D eigenvalue weighted by Gasteiger charge is -2.10. The van der Waals surface area contributed by atoms with E-state index in [2.05, 4.69) is 10.1 Å². The number of nitrogens with one attached hydrogen (secondary N) is 1. The monoisotopic (exact) mass is 419 g/mol. The van der Waals surface area contributed by atoms with Gasteiger partial charge in [-0.1, -0.05) is 13.3 Å². The van der Waals surface area contributed by atoms with Gasteiger partial charge in [0.05, 0.1) is 18.1 Å². The number of hydrogen-bond acceptors (Lipinski definition) is 6. The molecule has 0 saturated carbocycles. The maximum absolute atomic E-state index is 12.3. The number of ether oxygens (including phenoxy) is 1. The van der Waals surface area contributed by atoms with Crippen molar-refractivity contribution in [3.63, 3.8) is 0 Å². The highest BCUT2D eigenvalue weighted by molar-refractivity contribution is 7.90. The van der Waals surface area contributed by atoms with Gasteiger partial charge in [-0.25, -0.2) is 22.9 Å². The molecule has 0 radical (unpaired) electrons. The topological polar surface area (TPSA) is 108 Å². The Bertz CT molecular complexity index is 1120. The maximum Gasteiger partial charge on any atom is 0.420 e. The molecule has 0 aromatic carbocycles. The highest BCUT2D eigenvalue weighted by Crippen LogP contribution is 2.24. The lowest BCUT2D eigenvalue weighted by molar-refractivity contribution is 0.151. The van der Waals surface area contributed by atoms with Gasteiger partial charge in [0.1, 0.15) is 11.5 Å². The lowest BCUT2D eigenvalue weighted by Crippen LogP contribution is -2.33. The van der Waals surface area contributed by atoms with Gasteiger partial charge in [0, 0.05) is 30.4 Å². The van der Waals surface area contributed by atoms with Crippen LogP contribution in [0, 0.1) is 6.92 Å². The molecule has 0 spiro atoms. The fourth-order valence-electron chi connectivity index (χ4n) is 3.17. The predicted octanol–water partition coefficient (Wildman–Crippen LogP) is 2.47. The number of carbonyl (C=O) groups excluding carboxylic acids is 1. The molecule has 1 amide bonds. The summed E-state index contributed by atoms with van der Waals surface area (Å²) in [4.78, 5) is 16.1. The first-order valence-electron chi connectivity index (χ1n) is 9.44. The number of pyridine rings is 1. The van der Waals surface area contributed by atoms with Gasteiger partial charge >= 0.3 is 6.09 Å². The van der Waals surface area contributed by atoms with Crippen molar-refractivity contribution in [3.05, 3.63) is 41.9 Å². The second-order valence-electron chi connectivity index (χ2n) is 6.77. The van der Waals surface area contributed by atoms with Gasteiger partial charge in [-0.05, 0) is 38.0 Å². The molecule has 0 unspecified atom stereocenters. The second kappa shape index (κ2) is 8.64. The summed E-state index contributed by atoms with van der Waals surface area (Å²) in [7, 11) is -2.03. The summed E-state index contributed by atoms with van der Waals surface area (Å²) in [6.07, 6.45) is 4.38. The maximum atomic E-state index is 12.3. The largest absolute Gasteiger partial charge is 0.449 e. The van der Waals surface area contributed by atoms with E-state index in [-0.39, 0.29) is 18.8 Å². The Morgan fingerprint density at radius 3 is 2.86 bits per heavy atom. The molecular weight excluding hydrogens is 394 g/mol. The lowest BCUT2D eigenvalue weighted by atomic mass is 10.2. The number of sulfonamides is 1. The Kier molecular flexibility index (Phi) is 6.21. The minimum absolute atomic E-state index is 0.192. The molecule has 10 heteroatoms. The minimum atomic E-state index is -3.84. The van der Waals surface area contributed by atoms with Crippen molar-refractivity contribution >= 4 is 27.1 Å². The zero-order valence-electron chi connectivity index (χ0n) is 16.8. The van der Waals surface area contributed by atoms with E-state index in [0.29, 0.717) is 6.42 Å². The van der Waals surface area contributed by atoms with Crippen LogP contribution >= 0.6 is 0 Å². The zero-order valence-corrected chi connectivity index (χ0v) is 17.6. The smallest absolute Gasteiger partial charge is 0.420 e. The number of amides is 1. The van der Waals surface area contributed by atoms with E-state index < -0.39 is 16.1 Å². The average molecular weight is 420 g/mol. The van der Waals surface area contributed by atoms with Crippen LogP contribution in [-0.2, 0) is 28.2 Å². The molecule has 3 rings (SSSR count). The first kappa shape index (κ1) is 20.8. The van der Waals surface area contributed by atoms with E-state index in [9.17, 15) is 13.2 Å². The van der Waals surface area contributed by atoms with Crippen LogP contribution in [0.3, 0.4) is 0 Å².